The second kappa shape index (κ2) is 6.58. The Morgan fingerprint density at radius 1 is 1.17 bits per heavy atom. The fourth-order valence-corrected chi connectivity index (χ4v) is 3.60. The van der Waals surface area contributed by atoms with Crippen LogP contribution in [0.2, 0.25) is 0 Å². The van der Waals surface area contributed by atoms with E-state index in [4.69, 9.17) is 0 Å². The van der Waals surface area contributed by atoms with E-state index in [1.807, 2.05) is 0 Å². The molecule has 2 aliphatic rings. The van der Waals surface area contributed by atoms with E-state index in [1.165, 1.54) is 29.4 Å². The summed E-state index contributed by atoms with van der Waals surface area (Å²) < 4.78 is 4.56. The molecule has 2 aliphatic carbocycles. The summed E-state index contributed by atoms with van der Waals surface area (Å²) >= 11 is 0. The van der Waals surface area contributed by atoms with E-state index >= 15 is 0 Å². The van der Waals surface area contributed by atoms with Crippen LogP contribution in [0.15, 0.2) is 6.07 Å². The van der Waals surface area contributed by atoms with Crippen molar-refractivity contribution in [2.75, 3.05) is 19.0 Å². The topological polar surface area (TPSA) is 87.7 Å². The van der Waals surface area contributed by atoms with Crippen LogP contribution >= 0.6 is 0 Å². The van der Waals surface area contributed by atoms with E-state index < -0.39 is 24.6 Å². The van der Waals surface area contributed by atoms with Crippen LogP contribution < -0.4 is 10.6 Å². The molecule has 0 aliphatic heterocycles. The lowest BCUT2D eigenvalue weighted by Crippen LogP contribution is -2.46. The summed E-state index contributed by atoms with van der Waals surface area (Å²) in [6.45, 7) is -0.495. The number of benzene rings is 1. The minimum Gasteiger partial charge on any atom is -0.467 e. The first-order valence-electron chi connectivity index (χ1n) is 8.06. The Morgan fingerprint density at radius 3 is 2.30 bits per heavy atom. The molecule has 6 heteroatoms. The van der Waals surface area contributed by atoms with Crippen molar-refractivity contribution in [2.24, 2.45) is 0 Å². The van der Waals surface area contributed by atoms with E-state index in [0.717, 1.165) is 44.2 Å². The van der Waals surface area contributed by atoms with Gasteiger partial charge in [0.25, 0.3) is 0 Å². The average Bonchev–Trinajstić information content (AvgIpc) is 3.20. The quantitative estimate of drug-likeness (QED) is 0.731. The van der Waals surface area contributed by atoms with E-state index in [0.29, 0.717) is 0 Å². The maximum atomic E-state index is 12.3. The summed E-state index contributed by atoms with van der Waals surface area (Å²) in [5, 5.41) is 14.6. The third kappa shape index (κ3) is 3.03. The molecule has 0 heterocycles. The van der Waals surface area contributed by atoms with Crippen molar-refractivity contribution in [3.05, 3.63) is 28.3 Å². The zero-order valence-corrected chi connectivity index (χ0v) is 13.3. The van der Waals surface area contributed by atoms with Gasteiger partial charge in [-0.3, -0.25) is 0 Å². The first-order chi connectivity index (χ1) is 11.1. The zero-order valence-electron chi connectivity index (χ0n) is 13.3. The summed E-state index contributed by atoms with van der Waals surface area (Å²) in [5.74, 6) is -0.661. The fraction of sp³-hybridized carbons (Fsp3) is 0.529. The number of ether oxygens (including phenoxy) is 1. The standard InChI is InChI=1S/C17H22N2O4/c1-23-16(21)14(9-20)18-17(22)19-15-12-6-2-4-10(12)8-11-5-3-7-13(11)15/h8,14,20H,2-7,9H2,1H3,(H2,18,19,22). The van der Waals surface area contributed by atoms with Crippen molar-refractivity contribution in [1.29, 1.82) is 0 Å². The number of aryl methyl sites for hydroxylation is 2. The Kier molecular flexibility index (Phi) is 4.52. The van der Waals surface area contributed by atoms with Gasteiger partial charge in [-0.25, -0.2) is 9.59 Å². The molecule has 3 rings (SSSR count). The highest BCUT2D eigenvalue weighted by atomic mass is 16.5. The van der Waals surface area contributed by atoms with Gasteiger partial charge in [0.2, 0.25) is 0 Å². The Labute approximate surface area is 135 Å². The molecule has 1 unspecified atom stereocenters. The summed E-state index contributed by atoms with van der Waals surface area (Å²) in [4.78, 5) is 23.7. The first kappa shape index (κ1) is 15.8. The van der Waals surface area contributed by atoms with Gasteiger partial charge >= 0.3 is 12.0 Å². The highest BCUT2D eigenvalue weighted by Crippen LogP contribution is 2.38. The summed E-state index contributed by atoms with van der Waals surface area (Å²) in [6.07, 6.45) is 6.27. The number of aliphatic hydroxyl groups excluding tert-OH is 1. The third-order valence-corrected chi connectivity index (χ3v) is 4.69. The molecule has 124 valence electrons. The van der Waals surface area contributed by atoms with Gasteiger partial charge in [-0.1, -0.05) is 6.07 Å². The monoisotopic (exact) mass is 318 g/mol. The number of methoxy groups -OCH3 is 1. The predicted molar refractivity (Wildman–Crippen MR) is 85.5 cm³/mol. The van der Waals surface area contributed by atoms with E-state index in [-0.39, 0.29) is 0 Å². The minimum absolute atomic E-state index is 0.483. The SMILES string of the molecule is COC(=O)C(CO)NC(=O)Nc1c2c(cc3c1CCC3)CCC2. The predicted octanol–water partition coefficient (Wildman–Crippen LogP) is 1.32. The van der Waals surface area contributed by atoms with Crippen molar-refractivity contribution in [2.45, 2.75) is 44.6 Å². The molecule has 0 saturated heterocycles. The summed E-state index contributed by atoms with van der Waals surface area (Å²) in [7, 11) is 1.22. The van der Waals surface area contributed by atoms with Crippen LogP contribution in [0.4, 0.5) is 10.5 Å². The van der Waals surface area contributed by atoms with Crippen molar-refractivity contribution in [1.82, 2.24) is 5.32 Å². The molecule has 0 saturated carbocycles. The van der Waals surface area contributed by atoms with Crippen LogP contribution in [-0.2, 0) is 35.2 Å². The molecule has 0 aromatic heterocycles. The van der Waals surface area contributed by atoms with Crippen molar-refractivity contribution >= 4 is 17.7 Å². The van der Waals surface area contributed by atoms with Crippen LogP contribution in [0.3, 0.4) is 0 Å². The van der Waals surface area contributed by atoms with Gasteiger partial charge < -0.3 is 20.5 Å². The van der Waals surface area contributed by atoms with Crippen LogP contribution in [-0.4, -0.2) is 36.9 Å². The highest BCUT2D eigenvalue weighted by molar-refractivity contribution is 5.94. The molecule has 1 aromatic carbocycles. The number of amides is 2. The number of nitrogens with one attached hydrogen (secondary N) is 2. The van der Waals surface area contributed by atoms with Crippen LogP contribution in [0.5, 0.6) is 0 Å². The van der Waals surface area contributed by atoms with Crippen molar-refractivity contribution < 1.29 is 19.4 Å². The molecule has 23 heavy (non-hydrogen) atoms. The van der Waals surface area contributed by atoms with Crippen molar-refractivity contribution in [3.8, 4) is 0 Å². The average molecular weight is 318 g/mol. The zero-order chi connectivity index (χ0) is 16.4. The largest absolute Gasteiger partial charge is 0.467 e. The van der Waals surface area contributed by atoms with Gasteiger partial charge in [0, 0.05) is 5.69 Å². The number of esters is 1. The second-order valence-electron chi connectivity index (χ2n) is 6.09. The molecule has 2 amide bonds. The summed E-state index contributed by atoms with van der Waals surface area (Å²) in [6, 6.07) is 0.757. The van der Waals surface area contributed by atoms with Gasteiger partial charge in [-0.15, -0.1) is 0 Å². The van der Waals surface area contributed by atoms with E-state index in [1.54, 1.807) is 0 Å². The third-order valence-electron chi connectivity index (χ3n) is 4.69. The molecule has 0 radical (unpaired) electrons. The maximum Gasteiger partial charge on any atom is 0.330 e. The number of hydrogen-bond donors (Lipinski definition) is 3. The second-order valence-corrected chi connectivity index (χ2v) is 6.09. The number of fused-ring (bicyclic) bond motifs is 2. The number of hydrogen-bond acceptors (Lipinski definition) is 4. The number of carbonyl (C=O) groups is 2. The number of anilines is 1. The highest BCUT2D eigenvalue weighted by Gasteiger charge is 2.26. The van der Waals surface area contributed by atoms with Crippen LogP contribution in [0, 0.1) is 0 Å². The Morgan fingerprint density at radius 2 is 1.78 bits per heavy atom. The molecule has 0 bridgehead atoms. The number of rotatable bonds is 4. The van der Waals surface area contributed by atoms with Gasteiger partial charge in [0.15, 0.2) is 6.04 Å². The normalized spacial score (nSPS) is 16.4. The molecular weight excluding hydrogens is 296 g/mol. The van der Waals surface area contributed by atoms with E-state index in [2.05, 4.69) is 21.4 Å². The van der Waals surface area contributed by atoms with Crippen LogP contribution in [0.1, 0.15) is 35.1 Å². The fourth-order valence-electron chi connectivity index (χ4n) is 3.60. The smallest absolute Gasteiger partial charge is 0.330 e. The van der Waals surface area contributed by atoms with Gasteiger partial charge in [0.05, 0.1) is 13.7 Å². The molecule has 0 fully saturated rings. The lowest BCUT2D eigenvalue weighted by atomic mass is 9.99. The minimum atomic E-state index is -1.05. The molecule has 6 nitrogen and oxygen atoms in total. The molecule has 1 atom stereocenters. The lowest BCUT2D eigenvalue weighted by Gasteiger charge is -2.18. The lowest BCUT2D eigenvalue weighted by molar-refractivity contribution is -0.143. The molecule has 1 aromatic rings. The Balaban J connectivity index is 1.80. The van der Waals surface area contributed by atoms with Crippen molar-refractivity contribution in [3.63, 3.8) is 0 Å². The molecule has 3 N–H and O–H groups in total. The molecule has 0 spiro atoms. The number of carbonyl (C=O) groups excluding carboxylic acids is 2. The first-order valence-corrected chi connectivity index (χ1v) is 8.06. The Hall–Kier alpha value is -2.08. The maximum absolute atomic E-state index is 12.3. The molecular formula is C17H22N2O4. The summed E-state index contributed by atoms with van der Waals surface area (Å²) in [5.41, 5.74) is 6.01. The van der Waals surface area contributed by atoms with E-state index in [9.17, 15) is 14.7 Å². The number of urea groups is 1. The number of aliphatic hydroxyl groups is 1. The van der Waals surface area contributed by atoms with Gasteiger partial charge in [0.1, 0.15) is 0 Å². The van der Waals surface area contributed by atoms with Gasteiger partial charge in [-0.05, 0) is 60.8 Å². The Bertz CT molecular complexity index is 610. The van der Waals surface area contributed by atoms with Crippen LogP contribution in [0.25, 0.3) is 0 Å². The van der Waals surface area contributed by atoms with Gasteiger partial charge in [-0.2, -0.15) is 0 Å².